The van der Waals surface area contributed by atoms with Gasteiger partial charge in [-0.1, -0.05) is 42.5 Å². The van der Waals surface area contributed by atoms with Crippen LogP contribution in [0, 0.1) is 0 Å². The molecule has 2 rings (SSSR count). The number of nitrogens with zero attached hydrogens (tertiary/aromatic N) is 1. The van der Waals surface area contributed by atoms with E-state index in [4.69, 9.17) is 10.5 Å². The predicted octanol–water partition coefficient (Wildman–Crippen LogP) is 2.20. The lowest BCUT2D eigenvalue weighted by Crippen LogP contribution is -2.34. The first-order valence-corrected chi connectivity index (χ1v) is 7.59. The Morgan fingerprint density at radius 3 is 2.68 bits per heavy atom. The zero-order valence-electron chi connectivity index (χ0n) is 13.3. The van der Waals surface area contributed by atoms with Crippen molar-refractivity contribution < 1.29 is 9.53 Å². The number of benzene rings is 2. The van der Waals surface area contributed by atoms with Gasteiger partial charge in [0.25, 0.3) is 0 Å². The largest absolute Gasteiger partial charge is 0.380 e. The molecule has 0 bridgehead atoms. The second kappa shape index (κ2) is 7.92. The third-order valence-electron chi connectivity index (χ3n) is 4.02. The Balaban J connectivity index is 1.98. The van der Waals surface area contributed by atoms with E-state index in [1.807, 2.05) is 19.2 Å². The van der Waals surface area contributed by atoms with Crippen LogP contribution < -0.4 is 5.73 Å². The number of methoxy groups -OCH3 is 1. The van der Waals surface area contributed by atoms with Crippen LogP contribution in [-0.2, 0) is 16.0 Å². The molecule has 2 aromatic carbocycles. The fourth-order valence-electron chi connectivity index (χ4n) is 2.54. The van der Waals surface area contributed by atoms with Gasteiger partial charge in [0.2, 0.25) is 5.91 Å². The molecule has 1 atom stereocenters. The van der Waals surface area contributed by atoms with Gasteiger partial charge in [-0.25, -0.2) is 0 Å². The minimum Gasteiger partial charge on any atom is -0.380 e. The third kappa shape index (κ3) is 4.06. The fourth-order valence-corrected chi connectivity index (χ4v) is 2.54. The van der Waals surface area contributed by atoms with Gasteiger partial charge in [-0.3, -0.25) is 4.79 Å². The molecule has 0 saturated carbocycles. The van der Waals surface area contributed by atoms with E-state index in [1.54, 1.807) is 12.0 Å². The molecule has 2 aromatic rings. The SMILES string of the molecule is COC(CN)CC(=O)N(C)CCc1cccc2ccccc12. The summed E-state index contributed by atoms with van der Waals surface area (Å²) in [6, 6.07) is 14.6. The van der Waals surface area contributed by atoms with Crippen molar-refractivity contribution in [2.75, 3.05) is 27.2 Å². The second-order valence-electron chi connectivity index (χ2n) is 5.50. The molecule has 0 radical (unpaired) electrons. The molecule has 0 aromatic heterocycles. The summed E-state index contributed by atoms with van der Waals surface area (Å²) in [5.41, 5.74) is 6.83. The third-order valence-corrected chi connectivity index (χ3v) is 4.02. The van der Waals surface area contributed by atoms with Crippen molar-refractivity contribution in [2.24, 2.45) is 5.73 Å². The van der Waals surface area contributed by atoms with Crippen LogP contribution in [0.15, 0.2) is 42.5 Å². The van der Waals surface area contributed by atoms with Crippen molar-refractivity contribution in [2.45, 2.75) is 18.9 Å². The molecule has 0 heterocycles. The minimum atomic E-state index is -0.201. The fraction of sp³-hybridized carbons (Fsp3) is 0.389. The zero-order valence-corrected chi connectivity index (χ0v) is 13.3. The van der Waals surface area contributed by atoms with Gasteiger partial charge in [0.1, 0.15) is 0 Å². The Morgan fingerprint density at radius 2 is 1.95 bits per heavy atom. The van der Waals surface area contributed by atoms with Crippen molar-refractivity contribution in [1.29, 1.82) is 0 Å². The average Bonchev–Trinajstić information content (AvgIpc) is 2.57. The first-order valence-electron chi connectivity index (χ1n) is 7.59. The number of rotatable bonds is 7. The number of carbonyl (C=O) groups excluding carboxylic acids is 1. The highest BCUT2D eigenvalue weighted by atomic mass is 16.5. The van der Waals surface area contributed by atoms with E-state index in [-0.39, 0.29) is 12.0 Å². The molecule has 0 spiro atoms. The highest BCUT2D eigenvalue weighted by molar-refractivity contribution is 5.85. The number of carbonyl (C=O) groups is 1. The molecule has 0 fully saturated rings. The summed E-state index contributed by atoms with van der Waals surface area (Å²) in [7, 11) is 3.41. The number of likely N-dealkylation sites (N-methyl/N-ethyl adjacent to an activating group) is 1. The minimum absolute atomic E-state index is 0.0672. The molecular weight excluding hydrogens is 276 g/mol. The van der Waals surface area contributed by atoms with Crippen LogP contribution in [0.1, 0.15) is 12.0 Å². The molecule has 4 heteroatoms. The molecule has 4 nitrogen and oxygen atoms in total. The maximum Gasteiger partial charge on any atom is 0.224 e. The smallest absolute Gasteiger partial charge is 0.224 e. The Labute approximate surface area is 131 Å². The summed E-state index contributed by atoms with van der Waals surface area (Å²) in [6.07, 6.45) is 0.968. The summed E-state index contributed by atoms with van der Waals surface area (Å²) in [4.78, 5) is 13.9. The van der Waals surface area contributed by atoms with E-state index < -0.39 is 0 Å². The molecule has 0 aliphatic heterocycles. The Bertz CT molecular complexity index is 618. The predicted molar refractivity (Wildman–Crippen MR) is 89.8 cm³/mol. The van der Waals surface area contributed by atoms with Crippen LogP contribution >= 0.6 is 0 Å². The van der Waals surface area contributed by atoms with Crippen molar-refractivity contribution in [3.63, 3.8) is 0 Å². The Kier molecular flexibility index (Phi) is 5.92. The standard InChI is InChI=1S/C18H24N2O2/c1-20(18(21)12-16(13-19)22-2)11-10-15-8-5-7-14-6-3-4-9-17(14)15/h3-9,16H,10-13,19H2,1-2H3. The molecule has 2 N–H and O–H groups in total. The Hall–Kier alpha value is -1.91. The van der Waals surface area contributed by atoms with Gasteiger partial charge < -0.3 is 15.4 Å². The van der Waals surface area contributed by atoms with Gasteiger partial charge in [-0.2, -0.15) is 0 Å². The van der Waals surface area contributed by atoms with E-state index in [9.17, 15) is 4.79 Å². The quantitative estimate of drug-likeness (QED) is 0.853. The highest BCUT2D eigenvalue weighted by Gasteiger charge is 2.15. The normalized spacial score (nSPS) is 12.3. The van der Waals surface area contributed by atoms with Crippen LogP contribution in [-0.4, -0.2) is 44.2 Å². The van der Waals surface area contributed by atoms with Crippen molar-refractivity contribution in [1.82, 2.24) is 4.90 Å². The van der Waals surface area contributed by atoms with Crippen molar-refractivity contribution >= 4 is 16.7 Å². The molecule has 0 aliphatic rings. The summed E-state index contributed by atoms with van der Waals surface area (Å²) < 4.78 is 5.17. The monoisotopic (exact) mass is 300 g/mol. The van der Waals surface area contributed by atoms with Gasteiger partial charge in [0, 0.05) is 27.2 Å². The topological polar surface area (TPSA) is 55.6 Å². The first-order chi connectivity index (χ1) is 10.7. The van der Waals surface area contributed by atoms with Gasteiger partial charge in [0.15, 0.2) is 0 Å². The van der Waals surface area contributed by atoms with E-state index in [1.165, 1.54) is 16.3 Å². The number of hydrogen-bond donors (Lipinski definition) is 1. The second-order valence-corrected chi connectivity index (χ2v) is 5.50. The van der Waals surface area contributed by atoms with E-state index in [0.717, 1.165) is 6.42 Å². The van der Waals surface area contributed by atoms with E-state index in [0.29, 0.717) is 19.5 Å². The molecular formula is C18H24N2O2. The average molecular weight is 300 g/mol. The lowest BCUT2D eigenvalue weighted by Gasteiger charge is -2.20. The molecule has 0 saturated heterocycles. The lowest BCUT2D eigenvalue weighted by molar-refractivity contribution is -0.132. The number of nitrogens with two attached hydrogens (primary N) is 1. The van der Waals surface area contributed by atoms with Crippen molar-refractivity contribution in [3.05, 3.63) is 48.0 Å². The molecule has 22 heavy (non-hydrogen) atoms. The first kappa shape index (κ1) is 16.5. The molecule has 0 aliphatic carbocycles. The lowest BCUT2D eigenvalue weighted by atomic mass is 10.0. The summed E-state index contributed by atoms with van der Waals surface area (Å²) in [5.74, 6) is 0.0672. The zero-order chi connectivity index (χ0) is 15.9. The number of amides is 1. The van der Waals surface area contributed by atoms with Gasteiger partial charge >= 0.3 is 0 Å². The van der Waals surface area contributed by atoms with E-state index in [2.05, 4.69) is 30.3 Å². The summed E-state index contributed by atoms with van der Waals surface area (Å²) >= 11 is 0. The van der Waals surface area contributed by atoms with E-state index >= 15 is 0 Å². The van der Waals surface area contributed by atoms with Crippen LogP contribution in [0.5, 0.6) is 0 Å². The van der Waals surface area contributed by atoms with Crippen LogP contribution in [0.4, 0.5) is 0 Å². The maximum atomic E-state index is 12.1. The molecule has 118 valence electrons. The molecule has 1 unspecified atom stereocenters. The van der Waals surface area contributed by atoms with Gasteiger partial charge in [-0.15, -0.1) is 0 Å². The molecule has 1 amide bonds. The van der Waals surface area contributed by atoms with Gasteiger partial charge in [0.05, 0.1) is 12.5 Å². The van der Waals surface area contributed by atoms with Crippen LogP contribution in [0.3, 0.4) is 0 Å². The van der Waals surface area contributed by atoms with Crippen LogP contribution in [0.25, 0.3) is 10.8 Å². The summed E-state index contributed by atoms with van der Waals surface area (Å²) in [6.45, 7) is 1.05. The van der Waals surface area contributed by atoms with Crippen molar-refractivity contribution in [3.8, 4) is 0 Å². The Morgan fingerprint density at radius 1 is 1.23 bits per heavy atom. The number of ether oxygens (including phenoxy) is 1. The number of hydrogen-bond acceptors (Lipinski definition) is 3. The maximum absolute atomic E-state index is 12.1. The summed E-state index contributed by atoms with van der Waals surface area (Å²) in [5, 5.41) is 2.49. The van der Waals surface area contributed by atoms with Gasteiger partial charge in [-0.05, 0) is 22.8 Å². The van der Waals surface area contributed by atoms with Crippen LogP contribution in [0.2, 0.25) is 0 Å². The number of fused-ring (bicyclic) bond motifs is 1. The highest BCUT2D eigenvalue weighted by Crippen LogP contribution is 2.19.